The number of nitrogens with zero attached hydrogens (tertiary/aromatic N) is 1. The molecule has 0 aromatic rings. The van der Waals surface area contributed by atoms with Crippen LogP contribution in [-0.2, 0) is 0 Å². The molecule has 0 amide bonds. The Hall–Kier alpha value is -0.120. The first kappa shape index (κ1) is 16.9. The molecule has 0 spiro atoms. The van der Waals surface area contributed by atoms with E-state index in [1.54, 1.807) is 0 Å². The van der Waals surface area contributed by atoms with E-state index in [2.05, 4.69) is 18.7 Å². The highest BCUT2D eigenvalue weighted by Gasteiger charge is 2.38. The summed E-state index contributed by atoms with van der Waals surface area (Å²) < 4.78 is 0. The molecule has 1 saturated carbocycles. The fourth-order valence-electron chi connectivity index (χ4n) is 3.50. The Bertz CT molecular complexity index is 262. The van der Waals surface area contributed by atoms with Gasteiger partial charge in [-0.25, -0.2) is 0 Å². The first-order valence-electron chi connectivity index (χ1n) is 8.00. The van der Waals surface area contributed by atoms with Gasteiger partial charge in [0.05, 0.1) is 5.60 Å². The highest BCUT2D eigenvalue weighted by Crippen LogP contribution is 2.36. The average Bonchev–Trinajstić information content (AvgIpc) is 2.33. The maximum absolute atomic E-state index is 9.98. The Balaban J connectivity index is 2.75. The maximum atomic E-state index is 9.98. The zero-order chi connectivity index (χ0) is 14.5. The van der Waals surface area contributed by atoms with E-state index in [-0.39, 0.29) is 5.54 Å². The maximum Gasteiger partial charge on any atom is 0.0603 e. The Morgan fingerprint density at radius 1 is 1.37 bits per heavy atom. The van der Waals surface area contributed by atoms with Gasteiger partial charge < -0.3 is 10.8 Å². The molecule has 1 aliphatic rings. The van der Waals surface area contributed by atoms with E-state index >= 15 is 0 Å². The molecule has 0 aromatic carbocycles. The SMILES string of the molecule is CCCN(CCC(C)(C)O)C1(CN)CCCC(C)C1. The molecule has 0 heterocycles. The summed E-state index contributed by atoms with van der Waals surface area (Å²) in [5.74, 6) is 0.777. The molecule has 1 fully saturated rings. The molecule has 0 bridgehead atoms. The van der Waals surface area contributed by atoms with E-state index in [0.717, 1.165) is 38.4 Å². The van der Waals surface area contributed by atoms with Crippen LogP contribution in [0.15, 0.2) is 0 Å². The van der Waals surface area contributed by atoms with Gasteiger partial charge in [-0.1, -0.05) is 26.7 Å². The summed E-state index contributed by atoms with van der Waals surface area (Å²) >= 11 is 0. The second-order valence-corrected chi connectivity index (χ2v) is 7.18. The molecule has 2 atom stereocenters. The standard InChI is InChI=1S/C16H34N2O/c1-5-10-18(11-9-15(3,4)19)16(13-17)8-6-7-14(2)12-16/h14,19H,5-13,17H2,1-4H3. The zero-order valence-corrected chi connectivity index (χ0v) is 13.4. The van der Waals surface area contributed by atoms with Gasteiger partial charge in [-0.15, -0.1) is 0 Å². The average molecular weight is 270 g/mol. The summed E-state index contributed by atoms with van der Waals surface area (Å²) in [5, 5.41) is 9.98. The van der Waals surface area contributed by atoms with Crippen molar-refractivity contribution in [1.29, 1.82) is 0 Å². The van der Waals surface area contributed by atoms with E-state index in [4.69, 9.17) is 5.73 Å². The van der Waals surface area contributed by atoms with Crippen LogP contribution in [0.4, 0.5) is 0 Å². The predicted octanol–water partition coefficient (Wildman–Crippen LogP) is 2.77. The summed E-state index contributed by atoms with van der Waals surface area (Å²) in [4.78, 5) is 2.57. The van der Waals surface area contributed by atoms with Crippen LogP contribution in [0.2, 0.25) is 0 Å². The normalized spacial score (nSPS) is 28.9. The van der Waals surface area contributed by atoms with Crippen molar-refractivity contribution in [2.75, 3.05) is 19.6 Å². The predicted molar refractivity (Wildman–Crippen MR) is 82.2 cm³/mol. The van der Waals surface area contributed by atoms with Crippen molar-refractivity contribution in [3.63, 3.8) is 0 Å². The third kappa shape index (κ3) is 5.05. The molecule has 114 valence electrons. The zero-order valence-electron chi connectivity index (χ0n) is 13.4. The van der Waals surface area contributed by atoms with Gasteiger partial charge in [0.15, 0.2) is 0 Å². The first-order chi connectivity index (χ1) is 8.83. The lowest BCUT2D eigenvalue weighted by atomic mass is 9.75. The number of hydrogen-bond acceptors (Lipinski definition) is 3. The Kier molecular flexibility index (Phi) is 6.28. The molecule has 0 radical (unpaired) electrons. The summed E-state index contributed by atoms with van der Waals surface area (Å²) in [5.41, 5.74) is 5.77. The third-order valence-corrected chi connectivity index (χ3v) is 4.61. The van der Waals surface area contributed by atoms with E-state index in [9.17, 15) is 5.11 Å². The van der Waals surface area contributed by atoms with Crippen LogP contribution in [0.3, 0.4) is 0 Å². The van der Waals surface area contributed by atoms with Crippen molar-refractivity contribution < 1.29 is 5.11 Å². The number of nitrogens with two attached hydrogens (primary N) is 1. The van der Waals surface area contributed by atoms with Crippen molar-refractivity contribution in [3.8, 4) is 0 Å². The highest BCUT2D eigenvalue weighted by atomic mass is 16.3. The van der Waals surface area contributed by atoms with Gasteiger partial charge in [0.2, 0.25) is 0 Å². The minimum Gasteiger partial charge on any atom is -0.390 e. The van der Waals surface area contributed by atoms with Gasteiger partial charge in [0, 0.05) is 18.6 Å². The third-order valence-electron chi connectivity index (χ3n) is 4.61. The Morgan fingerprint density at radius 2 is 2.05 bits per heavy atom. The molecule has 0 aliphatic heterocycles. The lowest BCUT2D eigenvalue weighted by Crippen LogP contribution is -2.57. The van der Waals surface area contributed by atoms with Gasteiger partial charge in [0.25, 0.3) is 0 Å². The van der Waals surface area contributed by atoms with E-state index < -0.39 is 5.60 Å². The van der Waals surface area contributed by atoms with Crippen LogP contribution in [0.25, 0.3) is 0 Å². The molecular formula is C16H34N2O. The molecule has 3 N–H and O–H groups in total. The molecule has 3 heteroatoms. The van der Waals surface area contributed by atoms with Crippen molar-refractivity contribution in [2.24, 2.45) is 11.7 Å². The molecule has 19 heavy (non-hydrogen) atoms. The second kappa shape index (κ2) is 7.05. The summed E-state index contributed by atoms with van der Waals surface area (Å²) in [6, 6.07) is 0. The molecule has 0 saturated heterocycles. The summed E-state index contributed by atoms with van der Waals surface area (Å²) in [6.07, 6.45) is 7.05. The molecule has 2 unspecified atom stereocenters. The second-order valence-electron chi connectivity index (χ2n) is 7.18. The molecule has 1 rings (SSSR count). The number of rotatable bonds is 7. The minimum atomic E-state index is -0.581. The highest BCUT2D eigenvalue weighted by molar-refractivity contribution is 4.96. The molecular weight excluding hydrogens is 236 g/mol. The monoisotopic (exact) mass is 270 g/mol. The van der Waals surface area contributed by atoms with Gasteiger partial charge in [-0.2, -0.15) is 0 Å². The number of hydrogen-bond donors (Lipinski definition) is 2. The topological polar surface area (TPSA) is 49.5 Å². The number of aliphatic hydroxyl groups is 1. The van der Waals surface area contributed by atoms with E-state index in [1.165, 1.54) is 25.7 Å². The van der Waals surface area contributed by atoms with Crippen molar-refractivity contribution in [1.82, 2.24) is 4.90 Å². The fourth-order valence-corrected chi connectivity index (χ4v) is 3.50. The molecule has 1 aliphatic carbocycles. The lowest BCUT2D eigenvalue weighted by Gasteiger charge is -2.48. The Labute approximate surface area is 119 Å². The minimum absolute atomic E-state index is 0.179. The van der Waals surface area contributed by atoms with Crippen molar-refractivity contribution >= 4 is 0 Å². The van der Waals surface area contributed by atoms with Gasteiger partial charge in [-0.3, -0.25) is 4.90 Å². The van der Waals surface area contributed by atoms with Crippen LogP contribution >= 0.6 is 0 Å². The summed E-state index contributed by atoms with van der Waals surface area (Å²) in [7, 11) is 0. The van der Waals surface area contributed by atoms with Crippen LogP contribution < -0.4 is 5.73 Å². The van der Waals surface area contributed by atoms with Crippen LogP contribution in [0.5, 0.6) is 0 Å². The molecule has 0 aromatic heterocycles. The van der Waals surface area contributed by atoms with Gasteiger partial charge in [0.1, 0.15) is 0 Å². The van der Waals surface area contributed by atoms with Gasteiger partial charge >= 0.3 is 0 Å². The van der Waals surface area contributed by atoms with Crippen LogP contribution in [0.1, 0.15) is 66.2 Å². The van der Waals surface area contributed by atoms with Crippen molar-refractivity contribution in [3.05, 3.63) is 0 Å². The molecule has 3 nitrogen and oxygen atoms in total. The summed E-state index contributed by atoms with van der Waals surface area (Å²) in [6.45, 7) is 11.2. The van der Waals surface area contributed by atoms with Crippen molar-refractivity contribution in [2.45, 2.75) is 77.4 Å². The fraction of sp³-hybridized carbons (Fsp3) is 1.00. The van der Waals surface area contributed by atoms with E-state index in [1.807, 2.05) is 13.8 Å². The quantitative estimate of drug-likeness (QED) is 0.748. The van der Waals surface area contributed by atoms with E-state index in [0.29, 0.717) is 0 Å². The van der Waals surface area contributed by atoms with Crippen LogP contribution in [-0.4, -0.2) is 40.8 Å². The lowest BCUT2D eigenvalue weighted by molar-refractivity contribution is 0.00610. The van der Waals surface area contributed by atoms with Gasteiger partial charge in [-0.05, 0) is 52.0 Å². The largest absolute Gasteiger partial charge is 0.390 e. The first-order valence-corrected chi connectivity index (χ1v) is 8.00. The van der Waals surface area contributed by atoms with Crippen LogP contribution in [0, 0.1) is 5.92 Å². The smallest absolute Gasteiger partial charge is 0.0603 e. The Morgan fingerprint density at radius 3 is 2.53 bits per heavy atom.